The van der Waals surface area contributed by atoms with Crippen molar-refractivity contribution < 1.29 is 18.7 Å². The fourth-order valence-corrected chi connectivity index (χ4v) is 1.43. The van der Waals surface area contributed by atoms with E-state index in [-0.39, 0.29) is 11.5 Å². The van der Waals surface area contributed by atoms with Crippen LogP contribution in [0.3, 0.4) is 0 Å². The van der Waals surface area contributed by atoms with Gasteiger partial charge in [-0.3, -0.25) is 4.79 Å². The molecule has 4 heteroatoms. The number of aliphatic hydroxyl groups is 1. The molecule has 0 spiro atoms. The maximum atomic E-state index is 11.8. The summed E-state index contributed by atoms with van der Waals surface area (Å²) < 4.78 is 10.3. The fraction of sp³-hybridized carbons (Fsp3) is 0.250. The minimum Gasteiger partial charge on any atom is -0.463 e. The summed E-state index contributed by atoms with van der Waals surface area (Å²) >= 11 is 0. The Morgan fingerprint density at radius 3 is 2.25 bits per heavy atom. The van der Waals surface area contributed by atoms with Crippen molar-refractivity contribution in [2.75, 3.05) is 0 Å². The van der Waals surface area contributed by atoms with Gasteiger partial charge in [-0.15, -0.1) is 0 Å². The first-order valence-electron chi connectivity index (χ1n) is 4.93. The highest BCUT2D eigenvalue weighted by molar-refractivity contribution is 5.97. The molecule has 2 aromatic rings. The van der Waals surface area contributed by atoms with Gasteiger partial charge in [-0.25, -0.2) is 0 Å². The Labute approximate surface area is 92.5 Å². The summed E-state index contributed by atoms with van der Waals surface area (Å²) in [6.45, 7) is 3.48. The highest BCUT2D eigenvalue weighted by Gasteiger charge is 2.24. The van der Waals surface area contributed by atoms with E-state index in [1.54, 1.807) is 32.0 Å². The quantitative estimate of drug-likeness (QED) is 0.807. The second-order valence-electron chi connectivity index (χ2n) is 3.63. The van der Waals surface area contributed by atoms with Crippen LogP contribution in [0.15, 0.2) is 33.1 Å². The molecule has 0 saturated carbocycles. The van der Waals surface area contributed by atoms with Gasteiger partial charge in [0.25, 0.3) is 0 Å². The predicted molar refractivity (Wildman–Crippen MR) is 56.2 cm³/mol. The monoisotopic (exact) mass is 220 g/mol. The van der Waals surface area contributed by atoms with Crippen LogP contribution in [-0.4, -0.2) is 10.9 Å². The first-order valence-corrected chi connectivity index (χ1v) is 4.93. The highest BCUT2D eigenvalue weighted by Crippen LogP contribution is 2.21. The summed E-state index contributed by atoms with van der Waals surface area (Å²) in [7, 11) is 0. The molecule has 16 heavy (non-hydrogen) atoms. The average Bonchev–Trinajstić information content (AvgIpc) is 2.85. The first-order chi connectivity index (χ1) is 7.58. The van der Waals surface area contributed by atoms with Crippen LogP contribution in [-0.2, 0) is 0 Å². The molecule has 0 unspecified atom stereocenters. The number of carbonyl (C=O) groups excluding carboxylic acids is 1. The molecular weight excluding hydrogens is 208 g/mol. The zero-order valence-corrected chi connectivity index (χ0v) is 9.06. The number of hydrogen-bond donors (Lipinski definition) is 1. The van der Waals surface area contributed by atoms with Crippen molar-refractivity contribution in [1.82, 2.24) is 0 Å². The number of ketones is 1. The second kappa shape index (κ2) is 3.98. The van der Waals surface area contributed by atoms with E-state index >= 15 is 0 Å². The van der Waals surface area contributed by atoms with Crippen LogP contribution in [0.25, 0.3) is 0 Å². The van der Waals surface area contributed by atoms with Crippen molar-refractivity contribution in [3.63, 3.8) is 0 Å². The van der Waals surface area contributed by atoms with E-state index in [2.05, 4.69) is 0 Å². The Balaban J connectivity index is 2.22. The summed E-state index contributed by atoms with van der Waals surface area (Å²) in [5, 5.41) is 9.76. The van der Waals surface area contributed by atoms with Gasteiger partial charge in [0.2, 0.25) is 5.78 Å². The molecule has 1 atom stereocenters. The van der Waals surface area contributed by atoms with Crippen molar-refractivity contribution >= 4 is 5.78 Å². The summed E-state index contributed by atoms with van der Waals surface area (Å²) in [5.74, 6) is 1.15. The molecule has 0 aliphatic heterocycles. The molecule has 4 nitrogen and oxygen atoms in total. The van der Waals surface area contributed by atoms with E-state index in [9.17, 15) is 9.90 Å². The predicted octanol–water partition coefficient (Wildman–Crippen LogP) is 2.41. The average molecular weight is 220 g/mol. The third-order valence-corrected chi connectivity index (χ3v) is 2.26. The Morgan fingerprint density at radius 1 is 1.12 bits per heavy atom. The number of aliphatic hydroxyl groups excluding tert-OH is 1. The SMILES string of the molecule is Cc1ccc(C(=O)[C@H](O)c2ccc(C)o2)o1. The summed E-state index contributed by atoms with van der Waals surface area (Å²) in [6, 6.07) is 6.48. The molecule has 0 fully saturated rings. The van der Waals surface area contributed by atoms with Gasteiger partial charge < -0.3 is 13.9 Å². The molecule has 0 saturated heterocycles. The Morgan fingerprint density at radius 2 is 1.75 bits per heavy atom. The topological polar surface area (TPSA) is 63.6 Å². The lowest BCUT2D eigenvalue weighted by Gasteiger charge is -2.03. The molecule has 0 radical (unpaired) electrons. The van der Waals surface area contributed by atoms with Gasteiger partial charge in [0.05, 0.1) is 0 Å². The Kier molecular flexibility index (Phi) is 2.66. The Hall–Kier alpha value is -1.81. The molecule has 1 N–H and O–H groups in total. The third kappa shape index (κ3) is 1.92. The molecule has 84 valence electrons. The molecular formula is C12H12O4. The van der Waals surface area contributed by atoms with Crippen LogP contribution in [0.5, 0.6) is 0 Å². The largest absolute Gasteiger partial charge is 0.463 e. The second-order valence-corrected chi connectivity index (χ2v) is 3.63. The van der Waals surface area contributed by atoms with Gasteiger partial charge >= 0.3 is 0 Å². The number of carbonyl (C=O) groups is 1. The smallest absolute Gasteiger partial charge is 0.234 e. The van der Waals surface area contributed by atoms with Crippen LogP contribution in [0.2, 0.25) is 0 Å². The van der Waals surface area contributed by atoms with Crippen molar-refractivity contribution in [2.45, 2.75) is 20.0 Å². The highest BCUT2D eigenvalue weighted by atomic mass is 16.4. The van der Waals surface area contributed by atoms with Crippen LogP contribution in [0.1, 0.15) is 33.9 Å². The minimum atomic E-state index is -1.31. The van der Waals surface area contributed by atoms with Crippen molar-refractivity contribution in [2.24, 2.45) is 0 Å². The maximum Gasteiger partial charge on any atom is 0.234 e. The molecule has 2 rings (SSSR count). The maximum absolute atomic E-state index is 11.8. The van der Waals surface area contributed by atoms with Gasteiger partial charge in [-0.1, -0.05) is 0 Å². The number of hydrogen-bond acceptors (Lipinski definition) is 4. The lowest BCUT2D eigenvalue weighted by atomic mass is 10.1. The zero-order valence-electron chi connectivity index (χ0n) is 9.06. The van der Waals surface area contributed by atoms with Gasteiger partial charge in [0.1, 0.15) is 17.3 Å². The van der Waals surface area contributed by atoms with Crippen LogP contribution < -0.4 is 0 Å². The van der Waals surface area contributed by atoms with Crippen LogP contribution in [0.4, 0.5) is 0 Å². The van der Waals surface area contributed by atoms with Crippen LogP contribution in [0, 0.1) is 13.8 Å². The van der Waals surface area contributed by atoms with Crippen molar-refractivity contribution in [3.8, 4) is 0 Å². The van der Waals surface area contributed by atoms with Gasteiger partial charge in [-0.05, 0) is 38.1 Å². The molecule has 2 heterocycles. The van der Waals surface area contributed by atoms with Gasteiger partial charge in [-0.2, -0.15) is 0 Å². The lowest BCUT2D eigenvalue weighted by Crippen LogP contribution is -2.10. The van der Waals surface area contributed by atoms with E-state index in [4.69, 9.17) is 8.83 Å². The fourth-order valence-electron chi connectivity index (χ4n) is 1.43. The summed E-state index contributed by atoms with van der Waals surface area (Å²) in [5.41, 5.74) is 0. The van der Waals surface area contributed by atoms with Crippen molar-refractivity contribution in [3.05, 3.63) is 47.3 Å². The summed E-state index contributed by atoms with van der Waals surface area (Å²) in [6.07, 6.45) is -1.31. The standard InChI is InChI=1S/C12H12O4/c1-7-3-5-9(15-7)11(13)12(14)10-6-4-8(2)16-10/h3-6,11,13H,1-2H3/t11-/m1/s1. The van der Waals surface area contributed by atoms with E-state index in [0.29, 0.717) is 11.5 Å². The molecule has 0 aliphatic rings. The van der Waals surface area contributed by atoms with Crippen molar-refractivity contribution in [1.29, 1.82) is 0 Å². The van der Waals surface area contributed by atoms with Gasteiger partial charge in [0, 0.05) is 0 Å². The Bertz CT molecular complexity index is 507. The normalized spacial score (nSPS) is 12.7. The number of Topliss-reactive ketones (excluding diaryl/α,β-unsaturated/α-hetero) is 1. The van der Waals surface area contributed by atoms with E-state index in [1.165, 1.54) is 6.07 Å². The number of aryl methyl sites for hydroxylation is 2. The molecule has 0 bridgehead atoms. The van der Waals surface area contributed by atoms with E-state index in [0.717, 1.165) is 0 Å². The van der Waals surface area contributed by atoms with E-state index in [1.807, 2.05) is 0 Å². The number of rotatable bonds is 3. The third-order valence-electron chi connectivity index (χ3n) is 2.26. The molecule has 0 aliphatic carbocycles. The van der Waals surface area contributed by atoms with Gasteiger partial charge in [0.15, 0.2) is 11.9 Å². The van der Waals surface area contributed by atoms with E-state index < -0.39 is 11.9 Å². The number of furan rings is 2. The molecule has 2 aromatic heterocycles. The molecule has 0 aromatic carbocycles. The first kappa shape index (κ1) is 10.7. The molecule has 0 amide bonds. The summed E-state index contributed by atoms with van der Waals surface area (Å²) in [4.78, 5) is 11.8. The van der Waals surface area contributed by atoms with Crippen LogP contribution >= 0.6 is 0 Å². The minimum absolute atomic E-state index is 0.138. The lowest BCUT2D eigenvalue weighted by molar-refractivity contribution is 0.0670. The zero-order chi connectivity index (χ0) is 11.7.